The van der Waals surface area contributed by atoms with E-state index in [2.05, 4.69) is 10.1 Å². The number of hydrogen-bond donors (Lipinski definition) is 0. The van der Waals surface area contributed by atoms with Gasteiger partial charge in [0.1, 0.15) is 0 Å². The maximum Gasteiger partial charge on any atom is 0.379 e. The number of esters is 1. The van der Waals surface area contributed by atoms with Crippen molar-refractivity contribution in [3.05, 3.63) is 11.7 Å². The van der Waals surface area contributed by atoms with E-state index >= 15 is 0 Å². The van der Waals surface area contributed by atoms with Crippen LogP contribution in [0.4, 0.5) is 0 Å². The van der Waals surface area contributed by atoms with E-state index in [-0.39, 0.29) is 5.82 Å². The molecule has 1 heterocycles. The van der Waals surface area contributed by atoms with Crippen LogP contribution < -0.4 is 0 Å². The Morgan fingerprint density at radius 2 is 2.19 bits per heavy atom. The minimum absolute atomic E-state index is 0.0349. The lowest BCUT2D eigenvalue weighted by molar-refractivity contribution is 0.0508. The number of ether oxygens (including phenoxy) is 2. The van der Waals surface area contributed by atoms with E-state index in [1.165, 1.54) is 0 Å². The minimum Gasteiger partial charge on any atom is -0.460 e. The maximum atomic E-state index is 11.2. The monoisotopic (exact) mass is 228 g/mol. The van der Waals surface area contributed by atoms with Crippen molar-refractivity contribution in [1.29, 1.82) is 0 Å². The first kappa shape index (κ1) is 12.6. The summed E-state index contributed by atoms with van der Waals surface area (Å²) < 4.78 is 14.9. The zero-order chi connectivity index (χ0) is 11.8. The lowest BCUT2D eigenvalue weighted by Gasteiger charge is -1.97. The number of carbonyl (C=O) groups is 1. The van der Waals surface area contributed by atoms with Gasteiger partial charge in [0.2, 0.25) is 5.89 Å². The summed E-state index contributed by atoms with van der Waals surface area (Å²) in [4.78, 5) is 15.1. The second-order valence-electron chi connectivity index (χ2n) is 3.09. The molecule has 6 heteroatoms. The molecule has 1 aromatic rings. The first-order chi connectivity index (χ1) is 7.77. The third-order valence-corrected chi connectivity index (χ3v) is 1.73. The molecule has 0 unspecified atom stereocenters. The van der Waals surface area contributed by atoms with Crippen molar-refractivity contribution in [3.8, 4) is 0 Å². The Kier molecular flexibility index (Phi) is 5.49. The number of aromatic nitrogens is 2. The third kappa shape index (κ3) is 3.98. The molecule has 1 rings (SSSR count). The zero-order valence-corrected chi connectivity index (χ0v) is 9.56. The fourth-order valence-electron chi connectivity index (χ4n) is 1.04. The van der Waals surface area contributed by atoms with Crippen molar-refractivity contribution in [1.82, 2.24) is 10.1 Å². The summed E-state index contributed by atoms with van der Waals surface area (Å²) in [5.74, 6) is -0.210. The average Bonchev–Trinajstić information content (AvgIpc) is 2.73. The van der Waals surface area contributed by atoms with E-state index in [4.69, 9.17) is 14.0 Å². The summed E-state index contributed by atoms with van der Waals surface area (Å²) >= 11 is 0. The molecule has 1 aromatic heterocycles. The molecule has 0 aliphatic carbocycles. The SMILES string of the molecule is CCCOCCc1nc(C(=O)OCC)no1. The molecule has 6 nitrogen and oxygen atoms in total. The fourth-order valence-corrected chi connectivity index (χ4v) is 1.04. The molecule has 0 saturated carbocycles. The molecule has 0 spiro atoms. The highest BCUT2D eigenvalue weighted by Gasteiger charge is 2.14. The highest BCUT2D eigenvalue weighted by atomic mass is 16.5. The van der Waals surface area contributed by atoms with E-state index in [9.17, 15) is 4.79 Å². The molecule has 0 radical (unpaired) electrons. The van der Waals surface area contributed by atoms with Crippen molar-refractivity contribution in [2.75, 3.05) is 19.8 Å². The van der Waals surface area contributed by atoms with Gasteiger partial charge >= 0.3 is 5.97 Å². The zero-order valence-electron chi connectivity index (χ0n) is 9.56. The largest absolute Gasteiger partial charge is 0.460 e. The van der Waals surface area contributed by atoms with Crippen LogP contribution in [-0.4, -0.2) is 35.9 Å². The highest BCUT2D eigenvalue weighted by Crippen LogP contribution is 2.00. The van der Waals surface area contributed by atoms with Crippen LogP contribution in [0.3, 0.4) is 0 Å². The van der Waals surface area contributed by atoms with Crippen LogP contribution in [0, 0.1) is 0 Å². The topological polar surface area (TPSA) is 74.5 Å². The van der Waals surface area contributed by atoms with Crippen LogP contribution in [0.25, 0.3) is 0 Å². The average molecular weight is 228 g/mol. The Balaban J connectivity index is 2.36. The Hall–Kier alpha value is -1.43. The Morgan fingerprint density at radius 3 is 2.88 bits per heavy atom. The van der Waals surface area contributed by atoms with Crippen LogP contribution in [0.5, 0.6) is 0 Å². The first-order valence-electron chi connectivity index (χ1n) is 5.35. The van der Waals surface area contributed by atoms with Crippen molar-refractivity contribution >= 4 is 5.97 Å². The molecule has 0 bridgehead atoms. The second kappa shape index (κ2) is 6.95. The highest BCUT2D eigenvalue weighted by molar-refractivity contribution is 5.84. The van der Waals surface area contributed by atoms with Gasteiger partial charge < -0.3 is 14.0 Å². The summed E-state index contributed by atoms with van der Waals surface area (Å²) in [6, 6.07) is 0. The van der Waals surface area contributed by atoms with E-state index in [0.717, 1.165) is 6.42 Å². The van der Waals surface area contributed by atoms with Crippen LogP contribution in [0.15, 0.2) is 4.52 Å². The van der Waals surface area contributed by atoms with Crippen LogP contribution in [0.1, 0.15) is 36.8 Å². The van der Waals surface area contributed by atoms with Crippen LogP contribution in [0.2, 0.25) is 0 Å². The van der Waals surface area contributed by atoms with Crippen LogP contribution >= 0.6 is 0 Å². The van der Waals surface area contributed by atoms with Gasteiger partial charge in [0.05, 0.1) is 19.6 Å². The normalized spacial score (nSPS) is 10.4. The molecule has 0 aliphatic heterocycles. The minimum atomic E-state index is -0.563. The molecule has 0 aromatic carbocycles. The molecule has 0 N–H and O–H groups in total. The standard InChI is InChI=1S/C10H16N2O4/c1-3-6-14-7-5-8-11-9(12-16-8)10(13)15-4-2/h3-7H2,1-2H3. The van der Waals surface area contributed by atoms with Crippen LogP contribution in [-0.2, 0) is 15.9 Å². The summed E-state index contributed by atoms with van der Waals surface area (Å²) in [6.45, 7) is 5.27. The molecule has 16 heavy (non-hydrogen) atoms. The smallest absolute Gasteiger partial charge is 0.379 e. The van der Waals surface area contributed by atoms with Crippen molar-refractivity contribution in [2.24, 2.45) is 0 Å². The molecule has 0 atom stereocenters. The Bertz CT molecular complexity index is 324. The lowest BCUT2D eigenvalue weighted by atomic mass is 10.4. The Morgan fingerprint density at radius 1 is 1.38 bits per heavy atom. The van der Waals surface area contributed by atoms with Gasteiger partial charge in [-0.1, -0.05) is 6.92 Å². The molecular weight excluding hydrogens is 212 g/mol. The summed E-state index contributed by atoms with van der Waals surface area (Å²) in [5, 5.41) is 3.52. The van der Waals surface area contributed by atoms with Gasteiger partial charge in [-0.2, -0.15) is 4.98 Å². The first-order valence-corrected chi connectivity index (χ1v) is 5.35. The van der Waals surface area contributed by atoms with Gasteiger partial charge in [-0.25, -0.2) is 4.79 Å². The fraction of sp³-hybridized carbons (Fsp3) is 0.700. The van der Waals surface area contributed by atoms with E-state index < -0.39 is 5.97 Å². The van der Waals surface area contributed by atoms with Crippen molar-refractivity contribution in [3.63, 3.8) is 0 Å². The van der Waals surface area contributed by atoms with Gasteiger partial charge in [0.15, 0.2) is 0 Å². The van der Waals surface area contributed by atoms with E-state index in [0.29, 0.717) is 32.1 Å². The third-order valence-electron chi connectivity index (χ3n) is 1.73. The summed E-state index contributed by atoms with van der Waals surface area (Å²) in [7, 11) is 0. The predicted molar refractivity (Wildman–Crippen MR) is 55.1 cm³/mol. The van der Waals surface area contributed by atoms with E-state index in [1.807, 2.05) is 6.92 Å². The van der Waals surface area contributed by atoms with Gasteiger partial charge in [-0.15, -0.1) is 0 Å². The van der Waals surface area contributed by atoms with E-state index in [1.54, 1.807) is 6.92 Å². The summed E-state index contributed by atoms with van der Waals surface area (Å²) in [5.41, 5.74) is 0. The quantitative estimate of drug-likeness (QED) is 0.516. The number of carbonyl (C=O) groups excluding carboxylic acids is 1. The lowest BCUT2D eigenvalue weighted by Crippen LogP contribution is -2.07. The number of hydrogen-bond acceptors (Lipinski definition) is 6. The molecule has 0 aliphatic rings. The van der Waals surface area contributed by atoms with Gasteiger partial charge in [0.25, 0.3) is 5.82 Å². The van der Waals surface area contributed by atoms with Gasteiger partial charge in [-0.3, -0.25) is 0 Å². The second-order valence-corrected chi connectivity index (χ2v) is 3.09. The number of rotatable bonds is 7. The predicted octanol–water partition coefficient (Wildman–Crippen LogP) is 1.22. The van der Waals surface area contributed by atoms with Gasteiger partial charge in [-0.05, 0) is 18.5 Å². The van der Waals surface area contributed by atoms with Crippen molar-refractivity contribution < 1.29 is 18.8 Å². The molecule has 0 saturated heterocycles. The summed E-state index contributed by atoms with van der Waals surface area (Å²) in [6.07, 6.45) is 1.48. The number of nitrogens with zero attached hydrogens (tertiary/aromatic N) is 2. The van der Waals surface area contributed by atoms with Crippen molar-refractivity contribution in [2.45, 2.75) is 26.7 Å². The molecular formula is C10H16N2O4. The molecule has 0 fully saturated rings. The maximum absolute atomic E-state index is 11.2. The molecule has 90 valence electrons. The molecule has 0 amide bonds. The Labute approximate surface area is 93.9 Å². The van der Waals surface area contributed by atoms with Gasteiger partial charge in [0, 0.05) is 6.61 Å².